The first-order valence-corrected chi connectivity index (χ1v) is 7.34. The van der Waals surface area contributed by atoms with E-state index in [9.17, 15) is 18.0 Å². The van der Waals surface area contributed by atoms with Crippen LogP contribution in [0.15, 0.2) is 18.2 Å². The van der Waals surface area contributed by atoms with Crippen LogP contribution in [0.2, 0.25) is 0 Å². The van der Waals surface area contributed by atoms with Gasteiger partial charge in [-0.3, -0.25) is 4.79 Å². The number of hydrogen-bond donors (Lipinski definition) is 1. The molecule has 2 aromatic rings. The number of hydrogen-bond acceptors (Lipinski definition) is 2. The SMILES string of the molecule is Cc1ccc2[nH]c(C(=O)N3CCO[C@H](C(F)(F)F)C3)c(C)c2c1. The topological polar surface area (TPSA) is 45.3 Å². The molecule has 23 heavy (non-hydrogen) atoms. The van der Waals surface area contributed by atoms with E-state index in [1.807, 2.05) is 25.1 Å². The number of alkyl halides is 3. The van der Waals surface area contributed by atoms with Crippen molar-refractivity contribution in [3.05, 3.63) is 35.0 Å². The van der Waals surface area contributed by atoms with Crippen LogP contribution in [-0.4, -0.2) is 47.8 Å². The minimum atomic E-state index is -4.47. The Morgan fingerprint density at radius 3 is 2.78 bits per heavy atom. The van der Waals surface area contributed by atoms with Gasteiger partial charge in [0.05, 0.1) is 13.2 Å². The number of nitrogens with one attached hydrogen (secondary N) is 1. The maximum atomic E-state index is 12.8. The van der Waals surface area contributed by atoms with Crippen LogP contribution in [0.1, 0.15) is 21.6 Å². The molecule has 0 radical (unpaired) electrons. The van der Waals surface area contributed by atoms with Crippen molar-refractivity contribution < 1.29 is 22.7 Å². The Kier molecular flexibility index (Phi) is 3.83. The Balaban J connectivity index is 1.90. The molecule has 1 aliphatic rings. The van der Waals surface area contributed by atoms with Gasteiger partial charge >= 0.3 is 6.18 Å². The highest BCUT2D eigenvalue weighted by molar-refractivity contribution is 6.01. The number of fused-ring (bicyclic) bond motifs is 1. The predicted octanol–water partition coefficient (Wildman–Crippen LogP) is 3.19. The van der Waals surface area contributed by atoms with Crippen LogP contribution >= 0.6 is 0 Å². The van der Waals surface area contributed by atoms with Gasteiger partial charge in [-0.25, -0.2) is 0 Å². The fourth-order valence-electron chi connectivity index (χ4n) is 2.84. The first-order chi connectivity index (χ1) is 10.8. The van der Waals surface area contributed by atoms with Crippen molar-refractivity contribution in [2.45, 2.75) is 26.1 Å². The zero-order valence-corrected chi connectivity index (χ0v) is 12.8. The molecule has 1 saturated heterocycles. The number of H-pyrrole nitrogens is 1. The highest BCUT2D eigenvalue weighted by Crippen LogP contribution is 2.28. The Bertz CT molecular complexity index is 752. The summed E-state index contributed by atoms with van der Waals surface area (Å²) < 4.78 is 43.1. The fourth-order valence-corrected chi connectivity index (χ4v) is 2.84. The maximum absolute atomic E-state index is 12.8. The van der Waals surface area contributed by atoms with E-state index in [0.29, 0.717) is 5.69 Å². The molecule has 1 amide bonds. The molecule has 124 valence electrons. The lowest BCUT2D eigenvalue weighted by Gasteiger charge is -2.33. The number of morpholine rings is 1. The van der Waals surface area contributed by atoms with Crippen LogP contribution in [-0.2, 0) is 4.74 Å². The van der Waals surface area contributed by atoms with Gasteiger partial charge in [-0.1, -0.05) is 11.6 Å². The monoisotopic (exact) mass is 326 g/mol. The second-order valence-corrected chi connectivity index (χ2v) is 5.83. The van der Waals surface area contributed by atoms with E-state index in [1.54, 1.807) is 6.92 Å². The highest BCUT2D eigenvalue weighted by Gasteiger charge is 2.44. The second kappa shape index (κ2) is 5.56. The zero-order valence-electron chi connectivity index (χ0n) is 12.8. The summed E-state index contributed by atoms with van der Waals surface area (Å²) in [6.07, 6.45) is -6.39. The molecule has 0 unspecified atom stereocenters. The van der Waals surface area contributed by atoms with Crippen LogP contribution < -0.4 is 0 Å². The van der Waals surface area contributed by atoms with Gasteiger partial charge in [0, 0.05) is 17.4 Å². The molecule has 1 aromatic heterocycles. The number of halogens is 3. The molecular formula is C16H17F3N2O2. The smallest absolute Gasteiger partial charge is 0.365 e. The Morgan fingerprint density at radius 1 is 1.35 bits per heavy atom. The Morgan fingerprint density at radius 2 is 2.09 bits per heavy atom. The van der Waals surface area contributed by atoms with E-state index in [-0.39, 0.29) is 13.2 Å². The van der Waals surface area contributed by atoms with E-state index in [4.69, 9.17) is 4.74 Å². The lowest BCUT2D eigenvalue weighted by Crippen LogP contribution is -2.51. The van der Waals surface area contributed by atoms with Crippen LogP contribution in [0.3, 0.4) is 0 Å². The van der Waals surface area contributed by atoms with Crippen molar-refractivity contribution in [2.24, 2.45) is 0 Å². The van der Waals surface area contributed by atoms with Crippen molar-refractivity contribution >= 4 is 16.8 Å². The number of benzene rings is 1. The highest BCUT2D eigenvalue weighted by atomic mass is 19.4. The van der Waals surface area contributed by atoms with Gasteiger partial charge in [0.1, 0.15) is 5.69 Å². The molecule has 0 spiro atoms. The zero-order chi connectivity index (χ0) is 16.8. The predicted molar refractivity (Wildman–Crippen MR) is 79.5 cm³/mol. The molecule has 1 aromatic carbocycles. The van der Waals surface area contributed by atoms with Crippen molar-refractivity contribution in [3.8, 4) is 0 Å². The third-order valence-corrected chi connectivity index (χ3v) is 4.15. The lowest BCUT2D eigenvalue weighted by atomic mass is 10.1. The van der Waals surface area contributed by atoms with Gasteiger partial charge < -0.3 is 14.6 Å². The maximum Gasteiger partial charge on any atom is 0.416 e. The van der Waals surface area contributed by atoms with Crippen LogP contribution in [0.4, 0.5) is 13.2 Å². The van der Waals surface area contributed by atoms with Crippen molar-refractivity contribution in [1.29, 1.82) is 0 Å². The number of carbonyl (C=O) groups is 1. The average Bonchev–Trinajstić information content (AvgIpc) is 2.83. The molecular weight excluding hydrogens is 309 g/mol. The normalized spacial score (nSPS) is 19.3. The van der Waals surface area contributed by atoms with Crippen molar-refractivity contribution in [3.63, 3.8) is 0 Å². The van der Waals surface area contributed by atoms with E-state index < -0.39 is 24.7 Å². The quantitative estimate of drug-likeness (QED) is 0.875. The molecule has 1 atom stereocenters. The standard InChI is InChI=1S/C16H17F3N2O2/c1-9-3-4-12-11(7-9)10(2)14(20-12)15(22)21-5-6-23-13(8-21)16(17,18)19/h3-4,7,13,20H,5-6,8H2,1-2H3/t13-/m0/s1. The third-order valence-electron chi connectivity index (χ3n) is 4.15. The molecule has 1 fully saturated rings. The molecule has 2 heterocycles. The van der Waals surface area contributed by atoms with Gasteiger partial charge in [0.2, 0.25) is 0 Å². The van der Waals surface area contributed by atoms with E-state index in [0.717, 1.165) is 22.0 Å². The number of carbonyl (C=O) groups excluding carboxylic acids is 1. The molecule has 3 rings (SSSR count). The summed E-state index contributed by atoms with van der Waals surface area (Å²) in [6.45, 7) is 3.31. The van der Waals surface area contributed by atoms with E-state index in [2.05, 4.69) is 4.98 Å². The van der Waals surface area contributed by atoms with Gasteiger partial charge in [-0.2, -0.15) is 13.2 Å². The minimum Gasteiger partial charge on any atom is -0.365 e. The molecule has 1 aliphatic heterocycles. The summed E-state index contributed by atoms with van der Waals surface area (Å²) in [5, 5.41) is 0.911. The Labute approximate surface area is 131 Å². The van der Waals surface area contributed by atoms with Gasteiger partial charge in [-0.05, 0) is 31.5 Å². The van der Waals surface area contributed by atoms with E-state index >= 15 is 0 Å². The summed E-state index contributed by atoms with van der Waals surface area (Å²) in [7, 11) is 0. The van der Waals surface area contributed by atoms with Gasteiger partial charge in [0.25, 0.3) is 5.91 Å². The molecule has 1 N–H and O–H groups in total. The summed E-state index contributed by atoms with van der Waals surface area (Å²) in [6, 6.07) is 5.74. The number of aromatic nitrogens is 1. The largest absolute Gasteiger partial charge is 0.416 e. The van der Waals surface area contributed by atoms with Crippen LogP contribution in [0, 0.1) is 13.8 Å². The number of nitrogens with zero attached hydrogens (tertiary/aromatic N) is 1. The second-order valence-electron chi connectivity index (χ2n) is 5.83. The lowest BCUT2D eigenvalue weighted by molar-refractivity contribution is -0.233. The number of aryl methyl sites for hydroxylation is 2. The van der Waals surface area contributed by atoms with Crippen molar-refractivity contribution in [1.82, 2.24) is 9.88 Å². The molecule has 7 heteroatoms. The number of ether oxygens (including phenoxy) is 1. The summed E-state index contributed by atoms with van der Waals surface area (Å²) in [5.74, 6) is -0.422. The first-order valence-electron chi connectivity index (χ1n) is 7.34. The van der Waals surface area contributed by atoms with Crippen LogP contribution in [0.5, 0.6) is 0 Å². The molecule has 0 aliphatic carbocycles. The van der Waals surface area contributed by atoms with E-state index in [1.165, 1.54) is 4.90 Å². The molecule has 0 bridgehead atoms. The Hall–Kier alpha value is -2.02. The average molecular weight is 326 g/mol. The van der Waals surface area contributed by atoms with Crippen LogP contribution in [0.25, 0.3) is 10.9 Å². The van der Waals surface area contributed by atoms with Crippen molar-refractivity contribution in [2.75, 3.05) is 19.7 Å². The number of aromatic amines is 1. The number of rotatable bonds is 1. The summed E-state index contributed by atoms with van der Waals surface area (Å²) in [5.41, 5.74) is 2.95. The minimum absolute atomic E-state index is 0.117. The summed E-state index contributed by atoms with van der Waals surface area (Å²) >= 11 is 0. The molecule has 0 saturated carbocycles. The summed E-state index contributed by atoms with van der Waals surface area (Å²) in [4.78, 5) is 16.8. The van der Waals surface area contributed by atoms with Gasteiger partial charge in [-0.15, -0.1) is 0 Å². The molecule has 4 nitrogen and oxygen atoms in total. The van der Waals surface area contributed by atoms with Gasteiger partial charge in [0.15, 0.2) is 6.10 Å². The third kappa shape index (κ3) is 2.93. The first kappa shape index (κ1) is 15.9. The fraction of sp³-hybridized carbons (Fsp3) is 0.438. The number of amides is 1.